The highest BCUT2D eigenvalue weighted by Crippen LogP contribution is 2.18. The third-order valence-corrected chi connectivity index (χ3v) is 3.40. The van der Waals surface area contributed by atoms with E-state index in [9.17, 15) is 4.79 Å². The lowest BCUT2D eigenvalue weighted by atomic mass is 10.3. The highest BCUT2D eigenvalue weighted by atomic mass is 16.5. The minimum absolute atomic E-state index is 0.240. The lowest BCUT2D eigenvalue weighted by molar-refractivity contribution is 0.0948. The lowest BCUT2D eigenvalue weighted by Crippen LogP contribution is -2.26. The van der Waals surface area contributed by atoms with E-state index in [-0.39, 0.29) is 5.91 Å². The summed E-state index contributed by atoms with van der Waals surface area (Å²) >= 11 is 0. The van der Waals surface area contributed by atoms with Crippen LogP contribution in [0.2, 0.25) is 0 Å². The van der Waals surface area contributed by atoms with Crippen molar-refractivity contribution in [2.24, 2.45) is 0 Å². The van der Waals surface area contributed by atoms with Crippen molar-refractivity contribution in [2.45, 2.75) is 13.3 Å². The van der Waals surface area contributed by atoms with E-state index in [1.165, 1.54) is 6.20 Å². The maximum atomic E-state index is 11.9. The number of hydrogen-bond acceptors (Lipinski definition) is 5. The van der Waals surface area contributed by atoms with Crippen LogP contribution in [0, 0.1) is 6.92 Å². The Hall–Kier alpha value is -2.96. The van der Waals surface area contributed by atoms with Crippen LogP contribution in [0.25, 0.3) is 11.0 Å². The number of carbonyl (C=O) groups excluding carboxylic acids is 1. The summed E-state index contributed by atoms with van der Waals surface area (Å²) in [5.41, 5.74) is 2.87. The second-order valence-corrected chi connectivity index (χ2v) is 5.12. The maximum Gasteiger partial charge on any atom is 0.271 e. The van der Waals surface area contributed by atoms with E-state index in [2.05, 4.69) is 25.3 Å². The third-order valence-electron chi connectivity index (χ3n) is 3.40. The highest BCUT2D eigenvalue weighted by Gasteiger charge is 2.08. The molecule has 0 atom stereocenters. The summed E-state index contributed by atoms with van der Waals surface area (Å²) in [5, 5.41) is 2.81. The van der Waals surface area contributed by atoms with Crippen molar-refractivity contribution >= 4 is 16.9 Å². The summed E-state index contributed by atoms with van der Waals surface area (Å²) in [4.78, 5) is 27.7. The SMILES string of the molecule is COc1ccc2nc(CCNC(=O)c3cnc(C)cn3)[nH]c2c1. The molecule has 0 spiro atoms. The minimum Gasteiger partial charge on any atom is -0.497 e. The number of rotatable bonds is 5. The molecule has 0 aliphatic rings. The molecule has 2 N–H and O–H groups in total. The Labute approximate surface area is 133 Å². The zero-order valence-corrected chi connectivity index (χ0v) is 13.0. The molecule has 7 heteroatoms. The van der Waals surface area contributed by atoms with Gasteiger partial charge < -0.3 is 15.0 Å². The lowest BCUT2D eigenvalue weighted by Gasteiger charge is -2.03. The van der Waals surface area contributed by atoms with Gasteiger partial charge in [-0.2, -0.15) is 0 Å². The van der Waals surface area contributed by atoms with Gasteiger partial charge >= 0.3 is 0 Å². The molecule has 2 aromatic heterocycles. The van der Waals surface area contributed by atoms with Crippen molar-refractivity contribution in [3.05, 3.63) is 47.8 Å². The van der Waals surface area contributed by atoms with Gasteiger partial charge in [-0.15, -0.1) is 0 Å². The van der Waals surface area contributed by atoms with Gasteiger partial charge in [-0.05, 0) is 19.1 Å². The fraction of sp³-hybridized carbons (Fsp3) is 0.250. The number of aromatic nitrogens is 4. The molecule has 1 amide bonds. The molecule has 0 saturated heterocycles. The molecule has 118 valence electrons. The van der Waals surface area contributed by atoms with E-state index >= 15 is 0 Å². The number of nitrogens with one attached hydrogen (secondary N) is 2. The number of fused-ring (bicyclic) bond motifs is 1. The molecule has 7 nitrogen and oxygen atoms in total. The van der Waals surface area contributed by atoms with Gasteiger partial charge in [0.2, 0.25) is 0 Å². The summed E-state index contributed by atoms with van der Waals surface area (Å²) < 4.78 is 5.18. The predicted molar refractivity (Wildman–Crippen MR) is 85.5 cm³/mol. The van der Waals surface area contributed by atoms with Crippen molar-refractivity contribution in [3.63, 3.8) is 0 Å². The largest absolute Gasteiger partial charge is 0.497 e. The number of methoxy groups -OCH3 is 1. The molecule has 3 aromatic rings. The average Bonchev–Trinajstić information content (AvgIpc) is 2.97. The number of benzene rings is 1. The number of aromatic amines is 1. The first kappa shape index (κ1) is 15.0. The Bertz CT molecular complexity index is 826. The summed E-state index contributed by atoms with van der Waals surface area (Å²) in [6.45, 7) is 2.29. The summed E-state index contributed by atoms with van der Waals surface area (Å²) in [5.74, 6) is 1.35. The second-order valence-electron chi connectivity index (χ2n) is 5.12. The first-order valence-electron chi connectivity index (χ1n) is 7.25. The molecular weight excluding hydrogens is 294 g/mol. The minimum atomic E-state index is -0.240. The van der Waals surface area contributed by atoms with Crippen molar-refractivity contribution in [3.8, 4) is 5.75 Å². The van der Waals surface area contributed by atoms with E-state index in [0.717, 1.165) is 28.3 Å². The molecule has 2 heterocycles. The third kappa shape index (κ3) is 3.45. The maximum absolute atomic E-state index is 11.9. The van der Waals surface area contributed by atoms with Gasteiger partial charge in [0.15, 0.2) is 0 Å². The quantitative estimate of drug-likeness (QED) is 0.747. The van der Waals surface area contributed by atoms with Crippen LogP contribution < -0.4 is 10.1 Å². The molecule has 0 aliphatic carbocycles. The Morgan fingerprint density at radius 2 is 2.17 bits per heavy atom. The normalized spacial score (nSPS) is 10.7. The molecular formula is C16H17N5O2. The Balaban J connectivity index is 1.60. The van der Waals surface area contributed by atoms with E-state index < -0.39 is 0 Å². The van der Waals surface area contributed by atoms with Crippen LogP contribution in [-0.4, -0.2) is 39.5 Å². The van der Waals surface area contributed by atoms with E-state index in [0.29, 0.717) is 18.7 Å². The summed E-state index contributed by atoms with van der Waals surface area (Å²) in [6.07, 6.45) is 3.64. The Kier molecular flexibility index (Phi) is 4.18. The van der Waals surface area contributed by atoms with Crippen LogP contribution in [0.1, 0.15) is 22.0 Å². The Morgan fingerprint density at radius 1 is 1.30 bits per heavy atom. The van der Waals surface area contributed by atoms with Crippen LogP contribution in [0.5, 0.6) is 5.75 Å². The van der Waals surface area contributed by atoms with Crippen molar-refractivity contribution in [1.82, 2.24) is 25.3 Å². The molecule has 0 unspecified atom stereocenters. The topological polar surface area (TPSA) is 92.8 Å². The molecule has 23 heavy (non-hydrogen) atoms. The van der Waals surface area contributed by atoms with Crippen molar-refractivity contribution in [1.29, 1.82) is 0 Å². The van der Waals surface area contributed by atoms with Gasteiger partial charge in [0.25, 0.3) is 5.91 Å². The fourth-order valence-electron chi connectivity index (χ4n) is 2.18. The van der Waals surface area contributed by atoms with Gasteiger partial charge in [0.05, 0.1) is 30.0 Å². The first-order chi connectivity index (χ1) is 11.2. The summed E-state index contributed by atoms with van der Waals surface area (Å²) in [7, 11) is 1.63. The van der Waals surface area contributed by atoms with Crippen LogP contribution in [0.4, 0.5) is 0 Å². The smallest absolute Gasteiger partial charge is 0.271 e. The van der Waals surface area contributed by atoms with Crippen molar-refractivity contribution < 1.29 is 9.53 Å². The molecule has 0 saturated carbocycles. The molecule has 0 bridgehead atoms. The zero-order valence-electron chi connectivity index (χ0n) is 13.0. The second kappa shape index (κ2) is 6.43. The number of nitrogens with zero attached hydrogens (tertiary/aromatic N) is 3. The number of H-pyrrole nitrogens is 1. The molecule has 0 fully saturated rings. The number of amides is 1. The number of carbonyl (C=O) groups is 1. The molecule has 0 radical (unpaired) electrons. The Morgan fingerprint density at radius 3 is 2.91 bits per heavy atom. The van der Waals surface area contributed by atoms with Gasteiger partial charge in [-0.25, -0.2) is 9.97 Å². The van der Waals surface area contributed by atoms with Crippen LogP contribution in [0.3, 0.4) is 0 Å². The standard InChI is InChI=1S/C16H17N5O2/c1-10-8-19-14(9-18-10)16(22)17-6-5-15-20-12-4-3-11(23-2)7-13(12)21-15/h3-4,7-9H,5-6H2,1-2H3,(H,17,22)(H,20,21). The fourth-order valence-corrected chi connectivity index (χ4v) is 2.18. The van der Waals surface area contributed by atoms with E-state index in [4.69, 9.17) is 4.74 Å². The number of aryl methyl sites for hydroxylation is 1. The van der Waals surface area contributed by atoms with Crippen LogP contribution in [0.15, 0.2) is 30.6 Å². The first-order valence-corrected chi connectivity index (χ1v) is 7.25. The van der Waals surface area contributed by atoms with Gasteiger partial charge in [0, 0.05) is 25.2 Å². The van der Waals surface area contributed by atoms with Gasteiger partial charge in [-0.1, -0.05) is 0 Å². The van der Waals surface area contributed by atoms with Gasteiger partial charge in [-0.3, -0.25) is 9.78 Å². The van der Waals surface area contributed by atoms with E-state index in [1.807, 2.05) is 25.1 Å². The summed E-state index contributed by atoms with van der Waals surface area (Å²) in [6, 6.07) is 5.66. The monoisotopic (exact) mass is 311 g/mol. The number of imidazole rings is 1. The average molecular weight is 311 g/mol. The zero-order chi connectivity index (χ0) is 16.2. The highest BCUT2D eigenvalue weighted by molar-refractivity contribution is 5.91. The van der Waals surface area contributed by atoms with Crippen LogP contribution in [-0.2, 0) is 6.42 Å². The number of hydrogen-bond donors (Lipinski definition) is 2. The van der Waals surface area contributed by atoms with Gasteiger partial charge in [0.1, 0.15) is 17.3 Å². The van der Waals surface area contributed by atoms with Crippen molar-refractivity contribution in [2.75, 3.05) is 13.7 Å². The molecule has 1 aromatic carbocycles. The molecule has 0 aliphatic heterocycles. The van der Waals surface area contributed by atoms with E-state index in [1.54, 1.807) is 13.3 Å². The predicted octanol–water partition coefficient (Wildman–Crippen LogP) is 1.64. The number of ether oxygens (including phenoxy) is 1. The van der Waals surface area contributed by atoms with Crippen LogP contribution >= 0.6 is 0 Å². The molecule has 3 rings (SSSR count).